The summed E-state index contributed by atoms with van der Waals surface area (Å²) in [7, 11) is 0. The largest absolute Gasteiger partial charge is 0.342 e. The molecular formula is C24H24ClFN4O. The molecule has 1 atom stereocenters. The summed E-state index contributed by atoms with van der Waals surface area (Å²) in [6.45, 7) is 3.34. The fourth-order valence-corrected chi connectivity index (χ4v) is 4.12. The van der Waals surface area contributed by atoms with Gasteiger partial charge in [-0.15, -0.1) is 0 Å². The minimum absolute atomic E-state index is 0.156. The summed E-state index contributed by atoms with van der Waals surface area (Å²) in [6.07, 6.45) is 3.22. The van der Waals surface area contributed by atoms with Crippen molar-refractivity contribution in [1.82, 2.24) is 14.9 Å². The number of rotatable bonds is 6. The highest BCUT2D eigenvalue weighted by Gasteiger charge is 2.28. The number of aromatic nitrogens is 2. The molecule has 0 aliphatic carbocycles. The first-order chi connectivity index (χ1) is 15.0. The Morgan fingerprint density at radius 1 is 1.26 bits per heavy atom. The molecule has 1 aliphatic rings. The van der Waals surface area contributed by atoms with Crippen LogP contribution in [0.4, 0.5) is 15.9 Å². The van der Waals surface area contributed by atoms with Crippen molar-refractivity contribution < 1.29 is 9.18 Å². The third-order valence-corrected chi connectivity index (χ3v) is 5.68. The zero-order valence-corrected chi connectivity index (χ0v) is 18.1. The number of carbonyl (C=O) groups excluding carboxylic acids is 1. The van der Waals surface area contributed by atoms with Crippen LogP contribution in [0.2, 0.25) is 5.02 Å². The van der Waals surface area contributed by atoms with Crippen LogP contribution in [0.1, 0.15) is 35.7 Å². The summed E-state index contributed by atoms with van der Waals surface area (Å²) >= 11 is 6.03. The molecule has 4 rings (SSSR count). The van der Waals surface area contributed by atoms with Crippen LogP contribution in [0.25, 0.3) is 0 Å². The van der Waals surface area contributed by atoms with Crippen molar-refractivity contribution in [2.24, 2.45) is 0 Å². The van der Waals surface area contributed by atoms with Crippen LogP contribution in [0.15, 0.2) is 54.7 Å². The van der Waals surface area contributed by atoms with Gasteiger partial charge < -0.3 is 10.2 Å². The van der Waals surface area contributed by atoms with Gasteiger partial charge in [0, 0.05) is 47.5 Å². The highest BCUT2D eigenvalue weighted by molar-refractivity contribution is 6.30. The zero-order chi connectivity index (χ0) is 21.8. The topological polar surface area (TPSA) is 58.1 Å². The fourth-order valence-electron chi connectivity index (χ4n) is 3.90. The summed E-state index contributed by atoms with van der Waals surface area (Å²) in [6, 6.07) is 14.5. The lowest BCUT2D eigenvalue weighted by atomic mass is 10.0. The highest BCUT2D eigenvalue weighted by Crippen LogP contribution is 2.29. The molecule has 0 saturated carbocycles. The van der Waals surface area contributed by atoms with E-state index in [1.165, 1.54) is 12.3 Å². The van der Waals surface area contributed by atoms with E-state index >= 15 is 0 Å². The van der Waals surface area contributed by atoms with E-state index in [2.05, 4.69) is 10.3 Å². The summed E-state index contributed by atoms with van der Waals surface area (Å²) in [5.41, 5.74) is 3.76. The summed E-state index contributed by atoms with van der Waals surface area (Å²) < 4.78 is 13.1. The molecule has 3 aromatic rings. The Hall–Kier alpha value is -2.99. The van der Waals surface area contributed by atoms with Crippen LogP contribution in [0, 0.1) is 12.7 Å². The Bertz CT molecular complexity index is 1070. The monoisotopic (exact) mass is 438 g/mol. The molecule has 1 fully saturated rings. The number of amides is 1. The Kier molecular flexibility index (Phi) is 6.47. The average molecular weight is 439 g/mol. The Labute approximate surface area is 186 Å². The van der Waals surface area contributed by atoms with E-state index in [1.54, 1.807) is 6.07 Å². The number of likely N-dealkylation sites (tertiary alicyclic amines) is 1. The SMILES string of the molecule is Cc1cc(Nc2ccc(F)cn2)cc([C@@H]2CCN(C(=O)CCc3cccc(Cl)c3)C2)n1. The second-order valence-electron chi connectivity index (χ2n) is 7.86. The maximum Gasteiger partial charge on any atom is 0.222 e. The maximum absolute atomic E-state index is 13.1. The summed E-state index contributed by atoms with van der Waals surface area (Å²) in [5.74, 6) is 0.547. The van der Waals surface area contributed by atoms with Crippen molar-refractivity contribution in [2.75, 3.05) is 18.4 Å². The van der Waals surface area contributed by atoms with Gasteiger partial charge in [0.15, 0.2) is 0 Å². The summed E-state index contributed by atoms with van der Waals surface area (Å²) in [4.78, 5) is 23.4. The van der Waals surface area contributed by atoms with Gasteiger partial charge in [-0.2, -0.15) is 0 Å². The number of hydrogen-bond donors (Lipinski definition) is 1. The van der Waals surface area contributed by atoms with Crippen molar-refractivity contribution >= 4 is 29.0 Å². The summed E-state index contributed by atoms with van der Waals surface area (Å²) in [5, 5.41) is 3.90. The van der Waals surface area contributed by atoms with Crippen LogP contribution in [0.5, 0.6) is 0 Å². The van der Waals surface area contributed by atoms with Crippen LogP contribution >= 0.6 is 11.6 Å². The number of anilines is 2. The molecule has 2 aromatic heterocycles. The number of nitrogens with one attached hydrogen (secondary N) is 1. The Morgan fingerprint density at radius 2 is 2.13 bits per heavy atom. The number of pyridine rings is 2. The minimum atomic E-state index is -0.372. The third kappa shape index (κ3) is 5.58. The number of aryl methyl sites for hydroxylation is 2. The fraction of sp³-hybridized carbons (Fsp3) is 0.292. The molecule has 1 amide bonds. The zero-order valence-electron chi connectivity index (χ0n) is 17.3. The molecule has 1 N–H and O–H groups in total. The number of nitrogens with zero attached hydrogens (tertiary/aromatic N) is 3. The van der Waals surface area contributed by atoms with Gasteiger partial charge in [0.1, 0.15) is 11.6 Å². The average Bonchev–Trinajstić information content (AvgIpc) is 3.24. The molecule has 3 heterocycles. The number of halogens is 2. The molecule has 1 aliphatic heterocycles. The van der Waals surface area contributed by atoms with E-state index in [0.29, 0.717) is 30.2 Å². The van der Waals surface area contributed by atoms with E-state index in [1.807, 2.05) is 48.2 Å². The van der Waals surface area contributed by atoms with Crippen LogP contribution in [-0.4, -0.2) is 33.9 Å². The molecule has 0 spiro atoms. The van der Waals surface area contributed by atoms with Gasteiger partial charge in [-0.1, -0.05) is 23.7 Å². The van der Waals surface area contributed by atoms with Gasteiger partial charge in [-0.05, 0) is 61.7 Å². The highest BCUT2D eigenvalue weighted by atomic mass is 35.5. The van der Waals surface area contributed by atoms with Gasteiger partial charge in [-0.3, -0.25) is 9.78 Å². The normalized spacial score (nSPS) is 15.8. The molecule has 0 unspecified atom stereocenters. The quantitative estimate of drug-likeness (QED) is 0.569. The first kappa shape index (κ1) is 21.2. The lowest BCUT2D eigenvalue weighted by Crippen LogP contribution is -2.28. The van der Waals surface area contributed by atoms with Crippen LogP contribution < -0.4 is 5.32 Å². The third-order valence-electron chi connectivity index (χ3n) is 5.45. The predicted molar refractivity (Wildman–Crippen MR) is 120 cm³/mol. The van der Waals surface area contributed by atoms with Crippen LogP contribution in [-0.2, 0) is 11.2 Å². The van der Waals surface area contributed by atoms with Gasteiger partial charge in [0.25, 0.3) is 0 Å². The van der Waals surface area contributed by atoms with Crippen molar-refractivity contribution in [1.29, 1.82) is 0 Å². The Balaban J connectivity index is 1.38. The van der Waals surface area contributed by atoms with Gasteiger partial charge in [-0.25, -0.2) is 9.37 Å². The molecule has 0 radical (unpaired) electrons. The van der Waals surface area contributed by atoms with Crippen molar-refractivity contribution in [3.63, 3.8) is 0 Å². The minimum Gasteiger partial charge on any atom is -0.342 e. The predicted octanol–water partition coefficient (Wildman–Crippen LogP) is 5.27. The first-order valence-corrected chi connectivity index (χ1v) is 10.7. The smallest absolute Gasteiger partial charge is 0.222 e. The van der Waals surface area contributed by atoms with E-state index in [0.717, 1.165) is 35.6 Å². The van der Waals surface area contributed by atoms with E-state index in [9.17, 15) is 9.18 Å². The lowest BCUT2D eigenvalue weighted by molar-refractivity contribution is -0.130. The molecule has 160 valence electrons. The lowest BCUT2D eigenvalue weighted by Gasteiger charge is -2.17. The molecule has 5 nitrogen and oxygen atoms in total. The molecule has 31 heavy (non-hydrogen) atoms. The van der Waals surface area contributed by atoms with E-state index < -0.39 is 0 Å². The van der Waals surface area contributed by atoms with Crippen molar-refractivity contribution in [3.05, 3.63) is 82.5 Å². The second kappa shape index (κ2) is 9.43. The van der Waals surface area contributed by atoms with Crippen molar-refractivity contribution in [3.8, 4) is 0 Å². The number of benzene rings is 1. The second-order valence-corrected chi connectivity index (χ2v) is 8.30. The van der Waals surface area contributed by atoms with E-state index in [-0.39, 0.29) is 17.6 Å². The molecular weight excluding hydrogens is 415 g/mol. The first-order valence-electron chi connectivity index (χ1n) is 10.4. The molecule has 0 bridgehead atoms. The van der Waals surface area contributed by atoms with Gasteiger partial charge in [0.2, 0.25) is 5.91 Å². The van der Waals surface area contributed by atoms with E-state index in [4.69, 9.17) is 16.6 Å². The van der Waals surface area contributed by atoms with Crippen LogP contribution in [0.3, 0.4) is 0 Å². The molecule has 1 saturated heterocycles. The van der Waals surface area contributed by atoms with Gasteiger partial charge in [0.05, 0.1) is 6.20 Å². The number of carbonyl (C=O) groups is 1. The number of hydrogen-bond acceptors (Lipinski definition) is 4. The molecule has 1 aromatic carbocycles. The maximum atomic E-state index is 13.1. The van der Waals surface area contributed by atoms with Crippen molar-refractivity contribution in [2.45, 2.75) is 32.1 Å². The molecule has 7 heteroatoms. The standard InChI is InChI=1S/C24H24ClFN4O/c1-16-11-21(29-23-7-6-20(26)14-27-23)13-22(28-16)18-9-10-30(15-18)24(31)8-5-17-3-2-4-19(25)12-17/h2-4,6-7,11-14,18H,5,8-10,15H2,1H3,(H,27,28,29)/t18-/m1/s1. The van der Waals surface area contributed by atoms with Gasteiger partial charge >= 0.3 is 0 Å². The Morgan fingerprint density at radius 3 is 2.90 bits per heavy atom.